The Labute approximate surface area is 85.7 Å². The Morgan fingerprint density at radius 2 is 2.08 bits per heavy atom. The molecule has 0 aliphatic heterocycles. The van der Waals surface area contributed by atoms with E-state index in [0.717, 1.165) is 11.8 Å². The highest BCUT2D eigenvalue weighted by Gasteiger charge is 2.09. The lowest BCUT2D eigenvalue weighted by Gasteiger charge is -2.09. The summed E-state index contributed by atoms with van der Waals surface area (Å²) < 4.78 is 0.629. The van der Waals surface area contributed by atoms with Crippen LogP contribution in [0.1, 0.15) is 35.7 Å². The van der Waals surface area contributed by atoms with Crippen LogP contribution in [0.5, 0.6) is 5.75 Å². The number of rotatable bonds is 2. The van der Waals surface area contributed by atoms with E-state index in [1.807, 2.05) is 13.8 Å². The normalized spacial score (nSPS) is 10.5. The Morgan fingerprint density at radius 1 is 1.46 bits per heavy atom. The molecule has 1 aromatic carbocycles. The third kappa shape index (κ3) is 2.10. The number of carbonyl (C=O) groups excluding carboxylic acids is 1. The molecular weight excluding hydrogens is 232 g/mol. The standard InChI is InChI=1S/C10H11BrO2/c1-6(2)8-3-7(5-12)9(11)4-10(8)13/h3-6,13H,1-2H3. The third-order valence-corrected chi connectivity index (χ3v) is 2.58. The zero-order valence-electron chi connectivity index (χ0n) is 7.54. The smallest absolute Gasteiger partial charge is 0.151 e. The maximum atomic E-state index is 10.6. The number of carbonyl (C=O) groups is 1. The second kappa shape index (κ2) is 3.92. The Kier molecular flexibility index (Phi) is 3.09. The number of phenolic OH excluding ortho intramolecular Hbond substituents is 1. The van der Waals surface area contributed by atoms with Gasteiger partial charge in [0.1, 0.15) is 5.75 Å². The zero-order valence-corrected chi connectivity index (χ0v) is 9.13. The molecule has 0 atom stereocenters. The summed E-state index contributed by atoms with van der Waals surface area (Å²) in [6.45, 7) is 3.94. The molecule has 3 heteroatoms. The van der Waals surface area contributed by atoms with Crippen molar-refractivity contribution >= 4 is 22.2 Å². The number of aromatic hydroxyl groups is 1. The largest absolute Gasteiger partial charge is 0.508 e. The number of benzene rings is 1. The molecular formula is C10H11BrO2. The molecule has 0 unspecified atom stereocenters. The van der Waals surface area contributed by atoms with Gasteiger partial charge in [0.25, 0.3) is 0 Å². The van der Waals surface area contributed by atoms with E-state index >= 15 is 0 Å². The van der Waals surface area contributed by atoms with E-state index in [4.69, 9.17) is 0 Å². The maximum absolute atomic E-state index is 10.6. The maximum Gasteiger partial charge on any atom is 0.151 e. The second-order valence-electron chi connectivity index (χ2n) is 3.21. The van der Waals surface area contributed by atoms with Gasteiger partial charge in [-0.05, 0) is 39.5 Å². The van der Waals surface area contributed by atoms with E-state index in [0.29, 0.717) is 10.0 Å². The molecule has 0 aliphatic carbocycles. The minimum atomic E-state index is 0.215. The summed E-state index contributed by atoms with van der Waals surface area (Å²) in [6.07, 6.45) is 0.773. The molecule has 1 aromatic rings. The van der Waals surface area contributed by atoms with Crippen molar-refractivity contribution in [1.29, 1.82) is 0 Å². The van der Waals surface area contributed by atoms with Crippen molar-refractivity contribution in [2.24, 2.45) is 0 Å². The van der Waals surface area contributed by atoms with E-state index in [1.165, 1.54) is 0 Å². The topological polar surface area (TPSA) is 37.3 Å². The number of phenols is 1. The molecule has 0 saturated heterocycles. The van der Waals surface area contributed by atoms with Gasteiger partial charge in [0.05, 0.1) is 0 Å². The van der Waals surface area contributed by atoms with E-state index in [-0.39, 0.29) is 11.7 Å². The summed E-state index contributed by atoms with van der Waals surface area (Å²) in [6, 6.07) is 3.26. The summed E-state index contributed by atoms with van der Waals surface area (Å²) in [4.78, 5) is 10.6. The SMILES string of the molecule is CC(C)c1cc(C=O)c(Br)cc1O. The first-order valence-electron chi connectivity index (χ1n) is 4.04. The zero-order chi connectivity index (χ0) is 10.0. The van der Waals surface area contributed by atoms with Gasteiger partial charge in [0.2, 0.25) is 0 Å². The predicted molar refractivity (Wildman–Crippen MR) is 55.3 cm³/mol. The van der Waals surface area contributed by atoms with Crippen LogP contribution >= 0.6 is 15.9 Å². The summed E-state index contributed by atoms with van der Waals surface area (Å²) in [5.41, 5.74) is 1.37. The van der Waals surface area contributed by atoms with E-state index in [1.54, 1.807) is 12.1 Å². The highest BCUT2D eigenvalue weighted by Crippen LogP contribution is 2.30. The first kappa shape index (κ1) is 10.3. The van der Waals surface area contributed by atoms with Crippen LogP contribution in [0.25, 0.3) is 0 Å². The van der Waals surface area contributed by atoms with Gasteiger partial charge in [0.15, 0.2) is 6.29 Å². The highest BCUT2D eigenvalue weighted by atomic mass is 79.9. The monoisotopic (exact) mass is 242 g/mol. The third-order valence-electron chi connectivity index (χ3n) is 1.89. The molecule has 1 rings (SSSR count). The van der Waals surface area contributed by atoms with Crippen LogP contribution in [0, 0.1) is 0 Å². The van der Waals surface area contributed by atoms with Gasteiger partial charge in [0, 0.05) is 10.0 Å². The quantitative estimate of drug-likeness (QED) is 0.810. The molecule has 0 fully saturated rings. The second-order valence-corrected chi connectivity index (χ2v) is 4.06. The molecule has 0 bridgehead atoms. The molecule has 0 heterocycles. The van der Waals surface area contributed by atoms with Crippen molar-refractivity contribution in [1.82, 2.24) is 0 Å². The first-order chi connectivity index (χ1) is 6.06. The summed E-state index contributed by atoms with van der Waals surface area (Å²) in [5.74, 6) is 0.444. The predicted octanol–water partition coefficient (Wildman–Crippen LogP) is 3.09. The summed E-state index contributed by atoms with van der Waals surface area (Å²) in [5, 5.41) is 9.54. The van der Waals surface area contributed by atoms with Gasteiger partial charge >= 0.3 is 0 Å². The van der Waals surface area contributed by atoms with Gasteiger partial charge in [-0.3, -0.25) is 4.79 Å². The average molecular weight is 243 g/mol. The molecule has 2 nitrogen and oxygen atoms in total. The number of hydrogen-bond donors (Lipinski definition) is 1. The van der Waals surface area contributed by atoms with Gasteiger partial charge in [-0.1, -0.05) is 13.8 Å². The van der Waals surface area contributed by atoms with Crippen LogP contribution in [0.2, 0.25) is 0 Å². The molecule has 13 heavy (non-hydrogen) atoms. The lowest BCUT2D eigenvalue weighted by Crippen LogP contribution is -1.92. The van der Waals surface area contributed by atoms with Crippen LogP contribution in [0.15, 0.2) is 16.6 Å². The molecule has 0 aromatic heterocycles. The minimum absolute atomic E-state index is 0.215. The number of hydrogen-bond acceptors (Lipinski definition) is 2. The Morgan fingerprint density at radius 3 is 2.54 bits per heavy atom. The van der Waals surface area contributed by atoms with Crippen molar-refractivity contribution in [3.63, 3.8) is 0 Å². The van der Waals surface area contributed by atoms with E-state index in [2.05, 4.69) is 15.9 Å². The van der Waals surface area contributed by atoms with Gasteiger partial charge in [-0.2, -0.15) is 0 Å². The van der Waals surface area contributed by atoms with Gasteiger partial charge in [-0.15, -0.1) is 0 Å². The van der Waals surface area contributed by atoms with Crippen LogP contribution in [-0.4, -0.2) is 11.4 Å². The molecule has 0 spiro atoms. The van der Waals surface area contributed by atoms with Crippen molar-refractivity contribution in [3.8, 4) is 5.75 Å². The van der Waals surface area contributed by atoms with E-state index < -0.39 is 0 Å². The van der Waals surface area contributed by atoms with Gasteiger partial charge in [-0.25, -0.2) is 0 Å². The Bertz CT molecular complexity index is 332. The molecule has 0 radical (unpaired) electrons. The fourth-order valence-electron chi connectivity index (χ4n) is 1.15. The van der Waals surface area contributed by atoms with Crippen LogP contribution in [0.4, 0.5) is 0 Å². The molecule has 0 saturated carbocycles. The molecule has 70 valence electrons. The fourth-order valence-corrected chi connectivity index (χ4v) is 1.57. The van der Waals surface area contributed by atoms with Crippen LogP contribution in [-0.2, 0) is 0 Å². The average Bonchev–Trinajstić information content (AvgIpc) is 2.03. The van der Waals surface area contributed by atoms with Crippen molar-refractivity contribution in [2.75, 3.05) is 0 Å². The van der Waals surface area contributed by atoms with Gasteiger partial charge < -0.3 is 5.11 Å². The van der Waals surface area contributed by atoms with E-state index in [9.17, 15) is 9.90 Å². The Hall–Kier alpha value is -0.830. The number of halogens is 1. The van der Waals surface area contributed by atoms with Crippen molar-refractivity contribution < 1.29 is 9.90 Å². The van der Waals surface area contributed by atoms with Crippen LogP contribution in [0.3, 0.4) is 0 Å². The summed E-state index contributed by atoms with van der Waals surface area (Å²) >= 11 is 3.20. The highest BCUT2D eigenvalue weighted by molar-refractivity contribution is 9.10. The molecule has 0 amide bonds. The van der Waals surface area contributed by atoms with Crippen LogP contribution < -0.4 is 0 Å². The lowest BCUT2D eigenvalue weighted by atomic mass is 10.00. The Balaban J connectivity index is 3.30. The lowest BCUT2D eigenvalue weighted by molar-refractivity contribution is 0.112. The summed E-state index contributed by atoms with van der Waals surface area (Å²) in [7, 11) is 0. The molecule has 0 aliphatic rings. The van der Waals surface area contributed by atoms with Crippen molar-refractivity contribution in [3.05, 3.63) is 27.7 Å². The fraction of sp³-hybridized carbons (Fsp3) is 0.300. The minimum Gasteiger partial charge on any atom is -0.508 e. The first-order valence-corrected chi connectivity index (χ1v) is 4.83. The van der Waals surface area contributed by atoms with Crippen molar-refractivity contribution in [2.45, 2.75) is 19.8 Å². The number of aldehydes is 1. The molecule has 1 N–H and O–H groups in total.